The molecule has 1 aromatic carbocycles. The maximum Gasteiger partial charge on any atom is 0.163 e. The minimum atomic E-state index is 0.110. The lowest BCUT2D eigenvalue weighted by Gasteiger charge is -2.14. The molecule has 2 rings (SSSR count). The summed E-state index contributed by atoms with van der Waals surface area (Å²) in [7, 11) is 3.53. The van der Waals surface area contributed by atoms with E-state index in [1.807, 2.05) is 30.3 Å². The molecule has 0 saturated carbocycles. The molecule has 1 heterocycles. The van der Waals surface area contributed by atoms with E-state index in [9.17, 15) is 9.59 Å². The van der Waals surface area contributed by atoms with Crippen LogP contribution in [-0.4, -0.2) is 23.6 Å². The van der Waals surface area contributed by atoms with E-state index in [0.29, 0.717) is 12.3 Å². The second kappa shape index (κ2) is 7.00. The number of ketones is 1. The van der Waals surface area contributed by atoms with Gasteiger partial charge >= 0.3 is 0 Å². The highest BCUT2D eigenvalue weighted by atomic mass is 33.1. The molecule has 1 saturated heterocycles. The van der Waals surface area contributed by atoms with Gasteiger partial charge in [0.15, 0.2) is 5.78 Å². The second-order valence-electron chi connectivity index (χ2n) is 4.56. The van der Waals surface area contributed by atoms with Gasteiger partial charge in [-0.3, -0.25) is 4.79 Å². The van der Waals surface area contributed by atoms with Crippen molar-refractivity contribution in [3.63, 3.8) is 0 Å². The number of hydrogen-bond donors (Lipinski definition) is 0. The Hall–Kier alpha value is -0.740. The first-order chi connectivity index (χ1) is 8.79. The van der Waals surface area contributed by atoms with Crippen molar-refractivity contribution >= 4 is 33.7 Å². The Balaban J connectivity index is 1.95. The summed E-state index contributed by atoms with van der Waals surface area (Å²) in [6.07, 6.45) is 2.45. The van der Waals surface area contributed by atoms with Gasteiger partial charge in [0.05, 0.1) is 0 Å². The summed E-state index contributed by atoms with van der Waals surface area (Å²) in [5.74, 6) is 2.47. The molecule has 0 aromatic heterocycles. The van der Waals surface area contributed by atoms with Crippen molar-refractivity contribution in [3.05, 3.63) is 35.9 Å². The van der Waals surface area contributed by atoms with Gasteiger partial charge in [-0.2, -0.15) is 0 Å². The maximum absolute atomic E-state index is 12.1. The van der Waals surface area contributed by atoms with Crippen molar-refractivity contribution in [2.24, 2.45) is 11.8 Å². The summed E-state index contributed by atoms with van der Waals surface area (Å²) in [4.78, 5) is 23.0. The molecule has 0 radical (unpaired) electrons. The fourth-order valence-corrected chi connectivity index (χ4v) is 4.79. The first-order valence-corrected chi connectivity index (χ1v) is 8.56. The number of rotatable bonds is 4. The highest BCUT2D eigenvalue weighted by Gasteiger charge is 2.23. The Bertz CT molecular complexity index is 406. The largest absolute Gasteiger partial charge is 0.303 e. The van der Waals surface area contributed by atoms with Crippen LogP contribution >= 0.6 is 21.6 Å². The minimum absolute atomic E-state index is 0.110. The molecule has 2 nitrogen and oxygen atoms in total. The van der Waals surface area contributed by atoms with Crippen LogP contribution in [0.2, 0.25) is 0 Å². The standard InChI is InChI=1S/C14H16O2S2/c15-8-12-6-11(9-17-18-10-12)7-14(16)13-4-2-1-3-5-13/h1-5,8,11-12H,6-7,9-10H2. The topological polar surface area (TPSA) is 34.1 Å². The van der Waals surface area contributed by atoms with Gasteiger partial charge in [-0.15, -0.1) is 0 Å². The number of carbonyl (C=O) groups excluding carboxylic acids is 2. The molecule has 2 unspecified atom stereocenters. The van der Waals surface area contributed by atoms with Crippen LogP contribution in [0.25, 0.3) is 0 Å². The zero-order valence-corrected chi connectivity index (χ0v) is 11.7. The van der Waals surface area contributed by atoms with Crippen molar-refractivity contribution in [1.29, 1.82) is 0 Å². The molecule has 0 bridgehead atoms. The van der Waals surface area contributed by atoms with E-state index in [4.69, 9.17) is 0 Å². The lowest BCUT2D eigenvalue weighted by atomic mass is 9.92. The van der Waals surface area contributed by atoms with Gasteiger partial charge in [0.2, 0.25) is 0 Å². The van der Waals surface area contributed by atoms with E-state index in [2.05, 4.69) is 0 Å². The Kier molecular flexibility index (Phi) is 5.32. The lowest BCUT2D eigenvalue weighted by Crippen LogP contribution is -2.15. The third-order valence-electron chi connectivity index (χ3n) is 3.07. The molecule has 1 aromatic rings. The number of aldehydes is 1. The van der Waals surface area contributed by atoms with Crippen LogP contribution in [0.5, 0.6) is 0 Å². The molecule has 1 aliphatic heterocycles. The summed E-state index contributed by atoms with van der Waals surface area (Å²) in [5.41, 5.74) is 0.780. The van der Waals surface area contributed by atoms with Crippen molar-refractivity contribution in [2.45, 2.75) is 12.8 Å². The molecular formula is C14H16O2S2. The minimum Gasteiger partial charge on any atom is -0.303 e. The molecule has 0 aliphatic carbocycles. The number of benzene rings is 1. The van der Waals surface area contributed by atoms with Gasteiger partial charge in [-0.1, -0.05) is 51.9 Å². The van der Waals surface area contributed by atoms with Crippen LogP contribution in [0.3, 0.4) is 0 Å². The van der Waals surface area contributed by atoms with Gasteiger partial charge < -0.3 is 4.79 Å². The Morgan fingerprint density at radius 2 is 1.94 bits per heavy atom. The maximum atomic E-state index is 12.1. The molecule has 4 heteroatoms. The molecule has 0 N–H and O–H groups in total. The van der Waals surface area contributed by atoms with Gasteiger partial charge in [-0.25, -0.2) is 0 Å². The van der Waals surface area contributed by atoms with E-state index in [1.54, 1.807) is 21.6 Å². The van der Waals surface area contributed by atoms with E-state index < -0.39 is 0 Å². The van der Waals surface area contributed by atoms with Crippen molar-refractivity contribution < 1.29 is 9.59 Å². The zero-order chi connectivity index (χ0) is 12.8. The highest BCUT2D eigenvalue weighted by molar-refractivity contribution is 8.76. The fourth-order valence-electron chi connectivity index (χ4n) is 2.09. The van der Waals surface area contributed by atoms with E-state index in [-0.39, 0.29) is 11.7 Å². The van der Waals surface area contributed by atoms with Crippen LogP contribution < -0.4 is 0 Å². The Morgan fingerprint density at radius 3 is 2.67 bits per heavy atom. The van der Waals surface area contributed by atoms with Crippen molar-refractivity contribution in [1.82, 2.24) is 0 Å². The summed E-state index contributed by atoms with van der Waals surface area (Å²) < 4.78 is 0. The average molecular weight is 280 g/mol. The Morgan fingerprint density at radius 1 is 1.22 bits per heavy atom. The SMILES string of the molecule is O=CC1CSSCC(CC(=O)c2ccccc2)C1. The second-order valence-corrected chi connectivity index (χ2v) is 7.11. The zero-order valence-electron chi connectivity index (χ0n) is 10.1. The third kappa shape index (κ3) is 3.89. The third-order valence-corrected chi connectivity index (χ3v) is 5.72. The summed E-state index contributed by atoms with van der Waals surface area (Å²) in [5, 5.41) is 0. The van der Waals surface area contributed by atoms with Crippen LogP contribution in [0.4, 0.5) is 0 Å². The number of Topliss-reactive ketones (excluding diaryl/α,β-unsaturated/α-hetero) is 1. The molecular weight excluding hydrogens is 264 g/mol. The fraction of sp³-hybridized carbons (Fsp3) is 0.429. The van der Waals surface area contributed by atoms with Crippen molar-refractivity contribution in [3.8, 4) is 0 Å². The van der Waals surface area contributed by atoms with Crippen LogP contribution in [0.1, 0.15) is 23.2 Å². The van der Waals surface area contributed by atoms with E-state index in [1.165, 1.54) is 0 Å². The molecule has 2 atom stereocenters. The monoisotopic (exact) mass is 280 g/mol. The van der Waals surface area contributed by atoms with Crippen molar-refractivity contribution in [2.75, 3.05) is 11.5 Å². The van der Waals surface area contributed by atoms with Gasteiger partial charge in [0, 0.05) is 29.4 Å². The van der Waals surface area contributed by atoms with Crippen LogP contribution in [0, 0.1) is 11.8 Å². The first kappa shape index (κ1) is 13.7. The Labute approximate surface area is 115 Å². The molecule has 18 heavy (non-hydrogen) atoms. The van der Waals surface area contributed by atoms with E-state index in [0.717, 1.165) is 29.8 Å². The quantitative estimate of drug-likeness (QED) is 0.480. The summed E-state index contributed by atoms with van der Waals surface area (Å²) in [6.45, 7) is 0. The highest BCUT2D eigenvalue weighted by Crippen LogP contribution is 2.35. The van der Waals surface area contributed by atoms with Crippen LogP contribution in [-0.2, 0) is 4.79 Å². The predicted octanol–water partition coefficient (Wildman–Crippen LogP) is 3.48. The van der Waals surface area contributed by atoms with Gasteiger partial charge in [0.1, 0.15) is 6.29 Å². The predicted molar refractivity (Wildman–Crippen MR) is 78.0 cm³/mol. The normalized spacial score (nSPS) is 24.2. The first-order valence-electron chi connectivity index (χ1n) is 6.07. The van der Waals surface area contributed by atoms with Gasteiger partial charge in [-0.05, 0) is 12.3 Å². The van der Waals surface area contributed by atoms with E-state index >= 15 is 0 Å². The summed E-state index contributed by atoms with van der Waals surface area (Å²) in [6, 6.07) is 9.41. The lowest BCUT2D eigenvalue weighted by molar-refractivity contribution is -0.110. The number of carbonyl (C=O) groups is 2. The van der Waals surface area contributed by atoms with Gasteiger partial charge in [0.25, 0.3) is 0 Å². The average Bonchev–Trinajstić information content (AvgIpc) is 2.65. The van der Waals surface area contributed by atoms with Crippen LogP contribution in [0.15, 0.2) is 30.3 Å². The summed E-state index contributed by atoms with van der Waals surface area (Å²) >= 11 is 0. The molecule has 1 fully saturated rings. The smallest absolute Gasteiger partial charge is 0.163 e. The molecule has 0 amide bonds. The molecule has 0 spiro atoms. The molecule has 1 aliphatic rings. The number of hydrogen-bond acceptors (Lipinski definition) is 4. The molecule has 96 valence electrons.